The minimum Gasteiger partial charge on any atom is -0.455 e. The Morgan fingerprint density at radius 3 is 1.42 bits per heavy atom. The fourth-order valence-corrected chi connectivity index (χ4v) is 8.27. The van der Waals surface area contributed by atoms with Gasteiger partial charge in [-0.25, -0.2) is 0 Å². The molecule has 0 saturated heterocycles. The van der Waals surface area contributed by atoms with Crippen LogP contribution >= 0.6 is 0 Å². The van der Waals surface area contributed by atoms with E-state index >= 15 is 0 Å². The van der Waals surface area contributed by atoms with Crippen LogP contribution < -0.4 is 0 Å². The maximum Gasteiger partial charge on any atom is 0.143 e. The van der Waals surface area contributed by atoms with Crippen molar-refractivity contribution >= 4 is 76.2 Å². The van der Waals surface area contributed by atoms with Gasteiger partial charge in [0.05, 0.1) is 0 Å². The van der Waals surface area contributed by atoms with E-state index in [2.05, 4.69) is 152 Å². The number of hydrogen-bond acceptors (Lipinski definition) is 2. The Bertz CT molecular complexity index is 3080. The topological polar surface area (TPSA) is 26.3 Å². The molecule has 0 saturated carbocycles. The molecule has 11 aromatic rings. The van der Waals surface area contributed by atoms with Gasteiger partial charge in [0.1, 0.15) is 22.3 Å². The lowest BCUT2D eigenvalue weighted by Gasteiger charge is -2.19. The van der Waals surface area contributed by atoms with Gasteiger partial charge in [-0.1, -0.05) is 152 Å². The van der Waals surface area contributed by atoms with E-state index in [0.29, 0.717) is 0 Å². The summed E-state index contributed by atoms with van der Waals surface area (Å²) in [4.78, 5) is 0. The van der Waals surface area contributed by atoms with Gasteiger partial charge < -0.3 is 8.83 Å². The number of furan rings is 2. The first-order chi connectivity index (χ1) is 24.8. The Kier molecular flexibility index (Phi) is 5.70. The van der Waals surface area contributed by atoms with Gasteiger partial charge in [0.15, 0.2) is 0 Å². The molecule has 0 spiro atoms. The summed E-state index contributed by atoms with van der Waals surface area (Å²) < 4.78 is 13.2. The Balaban J connectivity index is 1.18. The summed E-state index contributed by atoms with van der Waals surface area (Å²) in [5.41, 5.74) is 10.7. The van der Waals surface area contributed by atoms with Crippen molar-refractivity contribution in [1.29, 1.82) is 0 Å². The SMILES string of the molecule is c1ccc2c(-c3c4ccccc4c(-c4ccc(-c5cccc6c5oc5ccccc56)cc4)c4ccccc34)c3oc4ccccc4c3cc2c1. The highest BCUT2D eigenvalue weighted by Crippen LogP contribution is 2.49. The summed E-state index contributed by atoms with van der Waals surface area (Å²) in [5.74, 6) is 0. The quantitative estimate of drug-likeness (QED) is 0.180. The Labute approximate surface area is 287 Å². The first-order valence-corrected chi connectivity index (χ1v) is 17.1. The molecule has 2 nitrogen and oxygen atoms in total. The second kappa shape index (κ2) is 10.4. The van der Waals surface area contributed by atoms with Crippen LogP contribution in [0.1, 0.15) is 0 Å². The van der Waals surface area contributed by atoms with Crippen molar-refractivity contribution in [3.63, 3.8) is 0 Å². The molecule has 2 aromatic heterocycles. The van der Waals surface area contributed by atoms with E-state index in [9.17, 15) is 0 Å². The molecule has 0 fully saturated rings. The lowest BCUT2D eigenvalue weighted by molar-refractivity contribution is 0.670. The zero-order chi connectivity index (χ0) is 32.8. The minimum absolute atomic E-state index is 0.905. The van der Waals surface area contributed by atoms with Crippen molar-refractivity contribution in [3.8, 4) is 33.4 Å². The molecule has 2 heteroatoms. The van der Waals surface area contributed by atoms with Gasteiger partial charge in [0.25, 0.3) is 0 Å². The van der Waals surface area contributed by atoms with Crippen LogP contribution in [0, 0.1) is 0 Å². The largest absolute Gasteiger partial charge is 0.455 e. The second-order valence-electron chi connectivity index (χ2n) is 13.1. The third-order valence-electron chi connectivity index (χ3n) is 10.5. The zero-order valence-electron chi connectivity index (χ0n) is 27.0. The van der Waals surface area contributed by atoms with Crippen molar-refractivity contribution in [1.82, 2.24) is 0 Å². The predicted octanol–water partition coefficient (Wildman–Crippen LogP) is 13.9. The van der Waals surface area contributed by atoms with Gasteiger partial charge in [-0.3, -0.25) is 0 Å². The summed E-state index contributed by atoms with van der Waals surface area (Å²) in [5, 5.41) is 11.8. The van der Waals surface area contributed by atoms with Crippen LogP contribution in [-0.4, -0.2) is 0 Å². The molecule has 0 amide bonds. The Morgan fingerprint density at radius 2 is 0.760 bits per heavy atom. The third kappa shape index (κ3) is 3.85. The van der Waals surface area contributed by atoms with E-state index in [-0.39, 0.29) is 0 Å². The van der Waals surface area contributed by atoms with Crippen molar-refractivity contribution < 1.29 is 8.83 Å². The van der Waals surface area contributed by atoms with E-state index in [0.717, 1.165) is 60.6 Å². The lowest BCUT2D eigenvalue weighted by atomic mass is 9.84. The molecule has 11 rings (SSSR count). The molecule has 0 unspecified atom stereocenters. The Hall–Kier alpha value is -6.64. The smallest absolute Gasteiger partial charge is 0.143 e. The first-order valence-electron chi connectivity index (χ1n) is 17.1. The number of hydrogen-bond donors (Lipinski definition) is 0. The number of fused-ring (bicyclic) bond motifs is 9. The minimum atomic E-state index is 0.905. The molecule has 9 aromatic carbocycles. The van der Waals surface area contributed by atoms with Crippen LogP contribution in [0.25, 0.3) is 110 Å². The molecular formula is C48H28O2. The van der Waals surface area contributed by atoms with E-state index < -0.39 is 0 Å². The molecule has 0 radical (unpaired) electrons. The zero-order valence-corrected chi connectivity index (χ0v) is 27.0. The molecule has 0 aliphatic rings. The van der Waals surface area contributed by atoms with E-state index in [1.165, 1.54) is 49.0 Å². The van der Waals surface area contributed by atoms with Gasteiger partial charge >= 0.3 is 0 Å². The molecule has 0 atom stereocenters. The number of rotatable bonds is 3. The molecule has 0 aliphatic carbocycles. The fraction of sp³-hybridized carbons (Fsp3) is 0. The normalized spacial score (nSPS) is 12.0. The van der Waals surface area contributed by atoms with Gasteiger partial charge in [-0.2, -0.15) is 0 Å². The molecule has 0 aliphatic heterocycles. The highest BCUT2D eigenvalue weighted by molar-refractivity contribution is 6.28. The fourth-order valence-electron chi connectivity index (χ4n) is 8.27. The average Bonchev–Trinajstić information content (AvgIpc) is 3.75. The van der Waals surface area contributed by atoms with Gasteiger partial charge in [-0.05, 0) is 67.2 Å². The highest BCUT2D eigenvalue weighted by atomic mass is 16.3. The van der Waals surface area contributed by atoms with E-state index in [4.69, 9.17) is 8.83 Å². The maximum atomic E-state index is 6.76. The van der Waals surface area contributed by atoms with Crippen molar-refractivity contribution in [2.24, 2.45) is 0 Å². The number of benzene rings is 9. The molecule has 0 bridgehead atoms. The molecule has 232 valence electrons. The van der Waals surface area contributed by atoms with Crippen molar-refractivity contribution in [2.45, 2.75) is 0 Å². The van der Waals surface area contributed by atoms with E-state index in [1.807, 2.05) is 18.2 Å². The first kappa shape index (κ1) is 27.3. The summed E-state index contributed by atoms with van der Waals surface area (Å²) in [6.45, 7) is 0. The van der Waals surface area contributed by atoms with Gasteiger partial charge in [0.2, 0.25) is 0 Å². The molecular weight excluding hydrogens is 609 g/mol. The van der Waals surface area contributed by atoms with Crippen molar-refractivity contribution in [2.75, 3.05) is 0 Å². The summed E-state index contributed by atoms with van der Waals surface area (Å²) in [7, 11) is 0. The second-order valence-corrected chi connectivity index (χ2v) is 13.1. The van der Waals surface area contributed by atoms with Gasteiger partial charge in [-0.15, -0.1) is 0 Å². The number of para-hydroxylation sites is 3. The third-order valence-corrected chi connectivity index (χ3v) is 10.5. The Morgan fingerprint density at radius 1 is 0.280 bits per heavy atom. The van der Waals surface area contributed by atoms with E-state index in [1.54, 1.807) is 0 Å². The maximum absolute atomic E-state index is 6.76. The highest BCUT2D eigenvalue weighted by Gasteiger charge is 2.23. The average molecular weight is 637 g/mol. The van der Waals surface area contributed by atoms with Crippen LogP contribution in [0.15, 0.2) is 179 Å². The van der Waals surface area contributed by atoms with Crippen LogP contribution in [-0.2, 0) is 0 Å². The molecule has 0 N–H and O–H groups in total. The summed E-state index contributed by atoms with van der Waals surface area (Å²) in [6.07, 6.45) is 0. The van der Waals surface area contributed by atoms with Crippen LogP contribution in [0.2, 0.25) is 0 Å². The van der Waals surface area contributed by atoms with Gasteiger partial charge in [0, 0.05) is 38.2 Å². The summed E-state index contributed by atoms with van der Waals surface area (Å²) >= 11 is 0. The lowest BCUT2D eigenvalue weighted by Crippen LogP contribution is -1.92. The standard InChI is InChI=1S/C48H28O2/c1-2-13-32-31(12-1)28-41-35-15-8-10-23-43(35)50-48(41)46(32)45-38-18-5-3-16-36(38)44(37-17-4-6-19-39(37)45)30-26-24-29(25-27-30)33-20-11-21-40-34-14-7-9-22-42(34)49-47(33)40/h1-28H. The van der Waals surface area contributed by atoms with Crippen LogP contribution in [0.4, 0.5) is 0 Å². The van der Waals surface area contributed by atoms with Crippen LogP contribution in [0.5, 0.6) is 0 Å². The van der Waals surface area contributed by atoms with Crippen molar-refractivity contribution in [3.05, 3.63) is 170 Å². The molecule has 50 heavy (non-hydrogen) atoms. The molecule has 2 heterocycles. The predicted molar refractivity (Wildman–Crippen MR) is 210 cm³/mol. The summed E-state index contributed by atoms with van der Waals surface area (Å²) in [6, 6.07) is 60.7. The monoisotopic (exact) mass is 636 g/mol. The van der Waals surface area contributed by atoms with Crippen LogP contribution in [0.3, 0.4) is 0 Å².